The summed E-state index contributed by atoms with van der Waals surface area (Å²) in [6.07, 6.45) is 8.29. The number of carbonyl (C=O) groups excluding carboxylic acids is 2. The maximum absolute atomic E-state index is 13.0. The number of hydrogen-bond donors (Lipinski definition) is 0. The molecule has 4 nitrogen and oxygen atoms in total. The Labute approximate surface area is 149 Å². The van der Waals surface area contributed by atoms with Gasteiger partial charge < -0.3 is 4.90 Å². The summed E-state index contributed by atoms with van der Waals surface area (Å²) in [5, 5.41) is 8.89. The van der Waals surface area contributed by atoms with E-state index in [1.807, 2.05) is 17.0 Å². The SMILES string of the molecule is N#Cc1ccc(CC(=O)N2CCCCCC2C2CCCCC2=O)cc1. The van der Waals surface area contributed by atoms with E-state index in [-0.39, 0.29) is 17.9 Å². The molecule has 1 aromatic rings. The molecule has 2 fully saturated rings. The smallest absolute Gasteiger partial charge is 0.227 e. The molecule has 0 spiro atoms. The van der Waals surface area contributed by atoms with Crippen LogP contribution in [0.25, 0.3) is 0 Å². The van der Waals surface area contributed by atoms with E-state index in [0.717, 1.165) is 57.1 Å². The Bertz CT molecular complexity index is 659. The van der Waals surface area contributed by atoms with Crippen LogP contribution in [0.3, 0.4) is 0 Å². The molecule has 2 atom stereocenters. The van der Waals surface area contributed by atoms with Crippen molar-refractivity contribution in [1.82, 2.24) is 4.90 Å². The van der Waals surface area contributed by atoms with Crippen molar-refractivity contribution in [2.24, 2.45) is 5.92 Å². The molecule has 1 amide bonds. The maximum Gasteiger partial charge on any atom is 0.227 e. The molecular formula is C21H26N2O2. The molecule has 2 unspecified atom stereocenters. The Morgan fingerprint density at radius 3 is 2.56 bits per heavy atom. The molecule has 1 saturated carbocycles. The van der Waals surface area contributed by atoms with Gasteiger partial charge in [-0.2, -0.15) is 5.26 Å². The Morgan fingerprint density at radius 2 is 1.84 bits per heavy atom. The van der Waals surface area contributed by atoms with Gasteiger partial charge in [-0.1, -0.05) is 31.4 Å². The molecule has 1 saturated heterocycles. The molecule has 1 aliphatic carbocycles. The summed E-state index contributed by atoms with van der Waals surface area (Å²) in [6.45, 7) is 0.767. The number of nitriles is 1. The first kappa shape index (κ1) is 17.7. The van der Waals surface area contributed by atoms with E-state index in [9.17, 15) is 9.59 Å². The largest absolute Gasteiger partial charge is 0.339 e. The van der Waals surface area contributed by atoms with Gasteiger partial charge in [-0.05, 0) is 43.4 Å². The third kappa shape index (κ3) is 4.28. The summed E-state index contributed by atoms with van der Waals surface area (Å²) in [4.78, 5) is 27.4. The number of likely N-dealkylation sites (tertiary alicyclic amines) is 1. The number of ketones is 1. The van der Waals surface area contributed by atoms with Crippen molar-refractivity contribution < 1.29 is 9.59 Å². The van der Waals surface area contributed by atoms with E-state index in [1.165, 1.54) is 0 Å². The van der Waals surface area contributed by atoms with Crippen molar-refractivity contribution in [3.63, 3.8) is 0 Å². The normalized spacial score (nSPS) is 24.4. The zero-order valence-electron chi connectivity index (χ0n) is 14.7. The molecule has 0 bridgehead atoms. The van der Waals surface area contributed by atoms with Gasteiger partial charge in [-0.3, -0.25) is 9.59 Å². The first-order valence-electron chi connectivity index (χ1n) is 9.50. The fraction of sp³-hybridized carbons (Fsp3) is 0.571. The summed E-state index contributed by atoms with van der Waals surface area (Å²) in [6, 6.07) is 9.41. The molecule has 0 N–H and O–H groups in total. The highest BCUT2D eigenvalue weighted by Gasteiger charge is 2.36. The minimum absolute atomic E-state index is 0.0387. The first-order chi connectivity index (χ1) is 12.2. The van der Waals surface area contributed by atoms with Crippen LogP contribution >= 0.6 is 0 Å². The van der Waals surface area contributed by atoms with E-state index >= 15 is 0 Å². The van der Waals surface area contributed by atoms with E-state index < -0.39 is 0 Å². The number of hydrogen-bond acceptors (Lipinski definition) is 3. The lowest BCUT2D eigenvalue weighted by molar-refractivity contribution is -0.137. The lowest BCUT2D eigenvalue weighted by Crippen LogP contribution is -2.47. The summed E-state index contributed by atoms with van der Waals surface area (Å²) in [7, 11) is 0. The van der Waals surface area contributed by atoms with E-state index in [0.29, 0.717) is 24.2 Å². The molecular weight excluding hydrogens is 312 g/mol. The molecule has 1 aliphatic heterocycles. The van der Waals surface area contributed by atoms with Crippen molar-refractivity contribution in [1.29, 1.82) is 5.26 Å². The second kappa shape index (κ2) is 8.29. The fourth-order valence-electron chi connectivity index (χ4n) is 4.25. The zero-order valence-corrected chi connectivity index (χ0v) is 14.7. The van der Waals surface area contributed by atoms with Crippen molar-refractivity contribution in [2.75, 3.05) is 6.54 Å². The number of nitrogens with zero attached hydrogens (tertiary/aromatic N) is 2. The number of Topliss-reactive ketones (excluding diaryl/α,β-unsaturated/α-hetero) is 1. The van der Waals surface area contributed by atoms with Crippen LogP contribution in [-0.2, 0) is 16.0 Å². The average Bonchev–Trinajstić information content (AvgIpc) is 2.89. The molecule has 0 radical (unpaired) electrons. The predicted molar refractivity (Wildman–Crippen MR) is 95.8 cm³/mol. The standard InChI is InChI=1S/C21H26N2O2/c22-15-17-11-9-16(10-12-17)14-21(25)23-13-5-1-2-7-19(23)18-6-3-4-8-20(18)24/h9-12,18-19H,1-8,13-14H2. The lowest BCUT2D eigenvalue weighted by Gasteiger charge is -2.37. The third-order valence-electron chi connectivity index (χ3n) is 5.62. The van der Waals surface area contributed by atoms with Gasteiger partial charge in [0.05, 0.1) is 18.1 Å². The van der Waals surface area contributed by atoms with Crippen molar-refractivity contribution >= 4 is 11.7 Å². The van der Waals surface area contributed by atoms with Gasteiger partial charge >= 0.3 is 0 Å². The van der Waals surface area contributed by atoms with Crippen molar-refractivity contribution in [3.8, 4) is 6.07 Å². The highest BCUT2D eigenvalue weighted by molar-refractivity contribution is 5.84. The summed E-state index contributed by atoms with van der Waals surface area (Å²) in [5.74, 6) is 0.515. The highest BCUT2D eigenvalue weighted by Crippen LogP contribution is 2.31. The predicted octanol–water partition coefficient (Wildman–Crippen LogP) is 3.63. The number of rotatable bonds is 3. The van der Waals surface area contributed by atoms with Gasteiger partial charge in [0.15, 0.2) is 0 Å². The molecule has 4 heteroatoms. The number of benzene rings is 1. The Balaban J connectivity index is 1.74. The molecule has 132 valence electrons. The lowest BCUT2D eigenvalue weighted by atomic mass is 9.80. The van der Waals surface area contributed by atoms with Gasteiger partial charge in [0.1, 0.15) is 5.78 Å². The van der Waals surface area contributed by atoms with Gasteiger partial charge in [0, 0.05) is 24.9 Å². The second-order valence-electron chi connectivity index (χ2n) is 7.31. The third-order valence-corrected chi connectivity index (χ3v) is 5.62. The first-order valence-corrected chi connectivity index (χ1v) is 9.50. The second-order valence-corrected chi connectivity index (χ2v) is 7.31. The van der Waals surface area contributed by atoms with Crippen LogP contribution in [0.5, 0.6) is 0 Å². The zero-order chi connectivity index (χ0) is 17.6. The van der Waals surface area contributed by atoms with Crippen LogP contribution in [-0.4, -0.2) is 29.2 Å². The molecule has 3 rings (SSSR count). The molecule has 2 aliphatic rings. The van der Waals surface area contributed by atoms with Crippen LogP contribution in [0.2, 0.25) is 0 Å². The van der Waals surface area contributed by atoms with E-state index in [1.54, 1.807) is 12.1 Å². The molecule has 1 heterocycles. The van der Waals surface area contributed by atoms with Crippen LogP contribution in [0.1, 0.15) is 62.5 Å². The Hall–Kier alpha value is -2.15. The summed E-state index contributed by atoms with van der Waals surface area (Å²) in [5.41, 5.74) is 1.54. The van der Waals surface area contributed by atoms with Crippen molar-refractivity contribution in [2.45, 2.75) is 63.8 Å². The monoisotopic (exact) mass is 338 g/mol. The molecule has 0 aromatic heterocycles. The minimum Gasteiger partial charge on any atom is -0.339 e. The van der Waals surface area contributed by atoms with E-state index in [4.69, 9.17) is 5.26 Å². The average molecular weight is 338 g/mol. The van der Waals surface area contributed by atoms with Crippen LogP contribution in [0.15, 0.2) is 24.3 Å². The van der Waals surface area contributed by atoms with Crippen molar-refractivity contribution in [3.05, 3.63) is 35.4 Å². The van der Waals surface area contributed by atoms with E-state index in [2.05, 4.69) is 6.07 Å². The molecule has 25 heavy (non-hydrogen) atoms. The Kier molecular flexibility index (Phi) is 5.86. The van der Waals surface area contributed by atoms with Crippen LogP contribution < -0.4 is 0 Å². The number of carbonyl (C=O) groups is 2. The van der Waals surface area contributed by atoms with Gasteiger partial charge in [-0.25, -0.2) is 0 Å². The van der Waals surface area contributed by atoms with Gasteiger partial charge in [0.25, 0.3) is 0 Å². The summed E-state index contributed by atoms with van der Waals surface area (Å²) < 4.78 is 0. The van der Waals surface area contributed by atoms with Gasteiger partial charge in [0.2, 0.25) is 5.91 Å². The fourth-order valence-corrected chi connectivity index (χ4v) is 4.25. The summed E-state index contributed by atoms with van der Waals surface area (Å²) >= 11 is 0. The Morgan fingerprint density at radius 1 is 1.08 bits per heavy atom. The maximum atomic E-state index is 13.0. The quantitative estimate of drug-likeness (QED) is 0.845. The molecule has 1 aromatic carbocycles. The van der Waals surface area contributed by atoms with Crippen LogP contribution in [0.4, 0.5) is 0 Å². The topological polar surface area (TPSA) is 61.2 Å². The van der Waals surface area contributed by atoms with Gasteiger partial charge in [-0.15, -0.1) is 0 Å². The minimum atomic E-state index is 0.0387. The highest BCUT2D eigenvalue weighted by atomic mass is 16.2. The van der Waals surface area contributed by atoms with Crippen LogP contribution in [0, 0.1) is 17.2 Å². The number of amides is 1.